The Balaban J connectivity index is 1.93. The van der Waals surface area contributed by atoms with E-state index in [0.717, 1.165) is 5.75 Å². The van der Waals surface area contributed by atoms with E-state index in [0.29, 0.717) is 5.92 Å². The summed E-state index contributed by atoms with van der Waals surface area (Å²) in [6.45, 7) is 6.83. The van der Waals surface area contributed by atoms with Crippen molar-refractivity contribution in [1.82, 2.24) is 0 Å². The molecule has 0 fully saturated rings. The molecule has 1 heterocycles. The molecule has 4 rings (SSSR count). The molecule has 23 heavy (non-hydrogen) atoms. The molecule has 0 bridgehead atoms. The number of fused-ring (bicyclic) bond motifs is 3. The Labute approximate surface area is 138 Å². The SMILES string of the molecule is CC(C)(C)c1ccccc1-c1cccc2c1C1C=CC=CC1O2. The summed E-state index contributed by atoms with van der Waals surface area (Å²) in [5, 5.41) is 0. The number of ether oxygens (including phenoxy) is 1. The Morgan fingerprint density at radius 1 is 0.826 bits per heavy atom. The number of allylic oxidation sites excluding steroid dienone is 2. The molecule has 0 saturated carbocycles. The standard InChI is InChI=1S/C22H22O/c1-22(2,3)18-12-6-4-9-15(18)16-11-8-14-20-21(16)17-10-5-7-13-19(17)23-20/h4-14,17,19H,1-3H3. The van der Waals surface area contributed by atoms with Crippen LogP contribution in [0.5, 0.6) is 5.75 Å². The Kier molecular flexibility index (Phi) is 3.19. The molecule has 2 aliphatic rings. The third kappa shape index (κ3) is 2.31. The van der Waals surface area contributed by atoms with Crippen LogP contribution < -0.4 is 4.74 Å². The summed E-state index contributed by atoms with van der Waals surface area (Å²) >= 11 is 0. The first-order valence-electron chi connectivity index (χ1n) is 8.30. The average molecular weight is 302 g/mol. The van der Waals surface area contributed by atoms with Crippen molar-refractivity contribution in [3.8, 4) is 16.9 Å². The van der Waals surface area contributed by atoms with Crippen LogP contribution in [0.4, 0.5) is 0 Å². The van der Waals surface area contributed by atoms with E-state index in [1.54, 1.807) is 0 Å². The van der Waals surface area contributed by atoms with Crippen LogP contribution in [0.1, 0.15) is 37.8 Å². The lowest BCUT2D eigenvalue weighted by Crippen LogP contribution is -2.16. The lowest BCUT2D eigenvalue weighted by molar-refractivity contribution is 0.269. The van der Waals surface area contributed by atoms with Crippen LogP contribution in [-0.2, 0) is 5.41 Å². The highest BCUT2D eigenvalue weighted by atomic mass is 16.5. The van der Waals surface area contributed by atoms with Gasteiger partial charge in [0.05, 0.1) is 0 Å². The van der Waals surface area contributed by atoms with Gasteiger partial charge in [0.25, 0.3) is 0 Å². The van der Waals surface area contributed by atoms with Crippen LogP contribution in [0, 0.1) is 0 Å². The fraction of sp³-hybridized carbons (Fsp3) is 0.273. The molecule has 1 nitrogen and oxygen atoms in total. The van der Waals surface area contributed by atoms with Gasteiger partial charge in [0.15, 0.2) is 0 Å². The number of rotatable bonds is 1. The first-order chi connectivity index (χ1) is 11.1. The molecular weight excluding hydrogens is 280 g/mol. The topological polar surface area (TPSA) is 9.23 Å². The zero-order chi connectivity index (χ0) is 16.0. The van der Waals surface area contributed by atoms with E-state index in [4.69, 9.17) is 4.74 Å². The van der Waals surface area contributed by atoms with Gasteiger partial charge in [-0.1, -0.05) is 75.4 Å². The zero-order valence-electron chi connectivity index (χ0n) is 13.9. The molecule has 0 amide bonds. The van der Waals surface area contributed by atoms with Crippen molar-refractivity contribution in [2.45, 2.75) is 38.2 Å². The minimum atomic E-state index is 0.112. The molecule has 0 aromatic heterocycles. The number of hydrogen-bond donors (Lipinski definition) is 0. The van der Waals surface area contributed by atoms with Crippen molar-refractivity contribution < 1.29 is 4.74 Å². The van der Waals surface area contributed by atoms with Crippen molar-refractivity contribution in [2.24, 2.45) is 0 Å². The van der Waals surface area contributed by atoms with Gasteiger partial charge < -0.3 is 4.74 Å². The van der Waals surface area contributed by atoms with E-state index in [1.807, 2.05) is 0 Å². The summed E-state index contributed by atoms with van der Waals surface area (Å²) in [5.41, 5.74) is 5.45. The minimum absolute atomic E-state index is 0.112. The zero-order valence-corrected chi connectivity index (χ0v) is 13.9. The quantitative estimate of drug-likeness (QED) is 0.664. The molecule has 2 aromatic carbocycles. The second-order valence-corrected chi connectivity index (χ2v) is 7.39. The van der Waals surface area contributed by atoms with E-state index in [9.17, 15) is 0 Å². The smallest absolute Gasteiger partial charge is 0.128 e. The fourth-order valence-corrected chi connectivity index (χ4v) is 3.70. The van der Waals surface area contributed by atoms with Crippen LogP contribution in [0.3, 0.4) is 0 Å². The first kappa shape index (κ1) is 14.3. The van der Waals surface area contributed by atoms with E-state index in [1.165, 1.54) is 22.3 Å². The molecule has 1 heteroatoms. The van der Waals surface area contributed by atoms with Crippen molar-refractivity contribution >= 4 is 0 Å². The van der Waals surface area contributed by atoms with Gasteiger partial charge >= 0.3 is 0 Å². The molecule has 0 N–H and O–H groups in total. The maximum atomic E-state index is 6.16. The maximum Gasteiger partial charge on any atom is 0.128 e. The summed E-state index contributed by atoms with van der Waals surface area (Å²) in [4.78, 5) is 0. The molecule has 0 radical (unpaired) electrons. The monoisotopic (exact) mass is 302 g/mol. The van der Waals surface area contributed by atoms with Gasteiger partial charge in [-0.2, -0.15) is 0 Å². The van der Waals surface area contributed by atoms with Gasteiger partial charge in [-0.3, -0.25) is 0 Å². The second kappa shape index (κ2) is 5.13. The van der Waals surface area contributed by atoms with Crippen LogP contribution in [0.15, 0.2) is 66.8 Å². The largest absolute Gasteiger partial charge is 0.485 e. The lowest BCUT2D eigenvalue weighted by atomic mass is 9.79. The summed E-state index contributed by atoms with van der Waals surface area (Å²) in [5.74, 6) is 1.34. The van der Waals surface area contributed by atoms with Gasteiger partial charge in [0.2, 0.25) is 0 Å². The molecular formula is C22H22O. The normalized spacial score (nSPS) is 21.7. The van der Waals surface area contributed by atoms with Gasteiger partial charge in [-0.25, -0.2) is 0 Å². The Hall–Kier alpha value is -2.28. The van der Waals surface area contributed by atoms with Crippen molar-refractivity contribution in [3.63, 3.8) is 0 Å². The molecule has 1 aliphatic carbocycles. The molecule has 0 saturated heterocycles. The average Bonchev–Trinajstić information content (AvgIpc) is 2.92. The van der Waals surface area contributed by atoms with Crippen LogP contribution in [0.2, 0.25) is 0 Å². The molecule has 116 valence electrons. The van der Waals surface area contributed by atoms with Crippen molar-refractivity contribution in [3.05, 3.63) is 77.9 Å². The Morgan fingerprint density at radius 2 is 1.57 bits per heavy atom. The molecule has 0 spiro atoms. The highest BCUT2D eigenvalue weighted by Gasteiger charge is 2.34. The van der Waals surface area contributed by atoms with E-state index < -0.39 is 0 Å². The minimum Gasteiger partial charge on any atom is -0.485 e. The third-order valence-corrected chi connectivity index (χ3v) is 4.77. The highest BCUT2D eigenvalue weighted by molar-refractivity contribution is 5.76. The third-order valence-electron chi connectivity index (χ3n) is 4.77. The van der Waals surface area contributed by atoms with Gasteiger partial charge in [0, 0.05) is 11.5 Å². The second-order valence-electron chi connectivity index (χ2n) is 7.39. The fourth-order valence-electron chi connectivity index (χ4n) is 3.70. The molecule has 2 atom stereocenters. The van der Waals surface area contributed by atoms with Crippen LogP contribution in [0.25, 0.3) is 11.1 Å². The number of benzene rings is 2. The van der Waals surface area contributed by atoms with Crippen molar-refractivity contribution in [2.75, 3.05) is 0 Å². The van der Waals surface area contributed by atoms with Gasteiger partial charge in [-0.15, -0.1) is 0 Å². The Morgan fingerprint density at radius 3 is 2.39 bits per heavy atom. The van der Waals surface area contributed by atoms with Gasteiger partial charge in [-0.05, 0) is 34.2 Å². The lowest BCUT2D eigenvalue weighted by Gasteiger charge is -2.24. The molecule has 1 aliphatic heterocycles. The summed E-state index contributed by atoms with van der Waals surface area (Å²) in [6.07, 6.45) is 8.77. The predicted molar refractivity (Wildman–Crippen MR) is 96.0 cm³/mol. The number of hydrogen-bond acceptors (Lipinski definition) is 1. The predicted octanol–water partition coefficient (Wildman–Crippen LogP) is 5.62. The highest BCUT2D eigenvalue weighted by Crippen LogP contribution is 2.47. The van der Waals surface area contributed by atoms with E-state index >= 15 is 0 Å². The molecule has 2 unspecified atom stereocenters. The van der Waals surface area contributed by atoms with Crippen LogP contribution >= 0.6 is 0 Å². The van der Waals surface area contributed by atoms with E-state index in [-0.39, 0.29) is 11.5 Å². The van der Waals surface area contributed by atoms with E-state index in [2.05, 4.69) is 87.5 Å². The Bertz CT molecular complexity index is 805. The maximum absolute atomic E-state index is 6.16. The first-order valence-corrected chi connectivity index (χ1v) is 8.30. The van der Waals surface area contributed by atoms with Gasteiger partial charge in [0.1, 0.15) is 11.9 Å². The van der Waals surface area contributed by atoms with Crippen LogP contribution in [-0.4, -0.2) is 6.10 Å². The molecule has 2 aromatic rings. The summed E-state index contributed by atoms with van der Waals surface area (Å²) in [7, 11) is 0. The summed E-state index contributed by atoms with van der Waals surface area (Å²) in [6, 6.07) is 15.2. The summed E-state index contributed by atoms with van der Waals surface area (Å²) < 4.78 is 6.16. The van der Waals surface area contributed by atoms with Crippen molar-refractivity contribution in [1.29, 1.82) is 0 Å².